The molecule has 0 fully saturated rings. The predicted molar refractivity (Wildman–Crippen MR) is 118 cm³/mol. The number of carbonyl (C=O) groups is 1. The maximum absolute atomic E-state index is 12.4. The normalized spacial score (nSPS) is 10.5. The average molecular weight is 414 g/mol. The molecule has 7 heteroatoms. The Morgan fingerprint density at radius 1 is 1.03 bits per heavy atom. The molecule has 0 unspecified atom stereocenters. The van der Waals surface area contributed by atoms with Crippen molar-refractivity contribution in [3.05, 3.63) is 90.5 Å². The lowest BCUT2D eigenvalue weighted by atomic mass is 10.1. The smallest absolute Gasteiger partial charge is 0.228 e. The number of ether oxygens (including phenoxy) is 2. The molecule has 31 heavy (non-hydrogen) atoms. The van der Waals surface area contributed by atoms with Crippen molar-refractivity contribution in [3.63, 3.8) is 0 Å². The van der Waals surface area contributed by atoms with Gasteiger partial charge in [0, 0.05) is 24.1 Å². The van der Waals surface area contributed by atoms with Crippen LogP contribution in [0.5, 0.6) is 17.4 Å². The minimum atomic E-state index is -0.0922. The van der Waals surface area contributed by atoms with Crippen LogP contribution in [0.2, 0.25) is 0 Å². The standard InChI is InChI=1S/C24H22N4O3/c1-17-13-18(5-10-21(17)30-2)14-23(29)27-19-6-8-20(9-7-19)31-24-15-22(25-16-26-24)28-11-3-4-12-28/h3-13,15-16H,14H2,1-2H3,(H,27,29). The highest BCUT2D eigenvalue weighted by molar-refractivity contribution is 5.92. The lowest BCUT2D eigenvalue weighted by Crippen LogP contribution is -2.14. The summed E-state index contributed by atoms with van der Waals surface area (Å²) in [6, 6.07) is 18.5. The molecule has 2 aromatic carbocycles. The molecule has 0 atom stereocenters. The number of anilines is 1. The van der Waals surface area contributed by atoms with E-state index in [-0.39, 0.29) is 12.3 Å². The lowest BCUT2D eigenvalue weighted by Gasteiger charge is -2.10. The number of nitrogens with zero attached hydrogens (tertiary/aromatic N) is 3. The zero-order valence-electron chi connectivity index (χ0n) is 17.3. The zero-order chi connectivity index (χ0) is 21.6. The van der Waals surface area contributed by atoms with Crippen molar-refractivity contribution in [1.29, 1.82) is 0 Å². The lowest BCUT2D eigenvalue weighted by molar-refractivity contribution is -0.115. The fourth-order valence-corrected chi connectivity index (χ4v) is 3.18. The molecule has 0 bridgehead atoms. The minimum Gasteiger partial charge on any atom is -0.496 e. The Bertz CT molecular complexity index is 1170. The van der Waals surface area contributed by atoms with E-state index in [2.05, 4.69) is 15.3 Å². The van der Waals surface area contributed by atoms with Gasteiger partial charge in [-0.2, -0.15) is 0 Å². The molecule has 0 saturated heterocycles. The van der Waals surface area contributed by atoms with Crippen molar-refractivity contribution < 1.29 is 14.3 Å². The fourth-order valence-electron chi connectivity index (χ4n) is 3.18. The molecule has 4 rings (SSSR count). The largest absolute Gasteiger partial charge is 0.496 e. The van der Waals surface area contributed by atoms with Gasteiger partial charge in [0.25, 0.3) is 0 Å². The quantitative estimate of drug-likeness (QED) is 0.480. The summed E-state index contributed by atoms with van der Waals surface area (Å²) < 4.78 is 12.9. The molecule has 0 saturated carbocycles. The molecule has 0 aliphatic carbocycles. The summed E-state index contributed by atoms with van der Waals surface area (Å²) in [6.07, 6.45) is 5.54. The number of methoxy groups -OCH3 is 1. The molecule has 0 aliphatic heterocycles. The van der Waals surface area contributed by atoms with Crippen LogP contribution in [0.15, 0.2) is 79.4 Å². The molecule has 1 N–H and O–H groups in total. The van der Waals surface area contributed by atoms with E-state index in [1.165, 1.54) is 6.33 Å². The second-order valence-electron chi connectivity index (χ2n) is 6.96. The third-order valence-electron chi connectivity index (χ3n) is 4.68. The molecule has 0 radical (unpaired) electrons. The maximum atomic E-state index is 12.4. The summed E-state index contributed by atoms with van der Waals surface area (Å²) in [6.45, 7) is 1.96. The van der Waals surface area contributed by atoms with E-state index < -0.39 is 0 Å². The molecule has 2 aromatic heterocycles. The van der Waals surface area contributed by atoms with Crippen molar-refractivity contribution in [3.8, 4) is 23.2 Å². The van der Waals surface area contributed by atoms with Gasteiger partial charge in [-0.15, -0.1) is 0 Å². The molecule has 2 heterocycles. The summed E-state index contributed by atoms with van der Waals surface area (Å²) in [4.78, 5) is 20.8. The van der Waals surface area contributed by atoms with Crippen molar-refractivity contribution in [2.75, 3.05) is 12.4 Å². The van der Waals surface area contributed by atoms with Crippen molar-refractivity contribution in [2.24, 2.45) is 0 Å². The number of hydrogen-bond donors (Lipinski definition) is 1. The summed E-state index contributed by atoms with van der Waals surface area (Å²) >= 11 is 0. The van der Waals surface area contributed by atoms with Crippen LogP contribution < -0.4 is 14.8 Å². The monoisotopic (exact) mass is 414 g/mol. The number of rotatable bonds is 7. The van der Waals surface area contributed by atoms with Crippen molar-refractivity contribution >= 4 is 11.6 Å². The third-order valence-corrected chi connectivity index (χ3v) is 4.68. The van der Waals surface area contributed by atoms with Gasteiger partial charge < -0.3 is 19.4 Å². The highest BCUT2D eigenvalue weighted by Gasteiger charge is 2.08. The first-order valence-electron chi connectivity index (χ1n) is 9.77. The Kier molecular flexibility index (Phi) is 5.93. The van der Waals surface area contributed by atoms with Crippen molar-refractivity contribution in [2.45, 2.75) is 13.3 Å². The maximum Gasteiger partial charge on any atom is 0.228 e. The van der Waals surface area contributed by atoms with Gasteiger partial charge in [0.15, 0.2) is 0 Å². The highest BCUT2D eigenvalue weighted by atomic mass is 16.5. The van der Waals surface area contributed by atoms with Crippen LogP contribution in [-0.4, -0.2) is 27.6 Å². The van der Waals surface area contributed by atoms with E-state index in [4.69, 9.17) is 9.47 Å². The van der Waals surface area contributed by atoms with Crippen LogP contribution in [0.4, 0.5) is 5.69 Å². The minimum absolute atomic E-state index is 0.0922. The van der Waals surface area contributed by atoms with Gasteiger partial charge in [0.1, 0.15) is 23.6 Å². The Morgan fingerprint density at radius 2 is 1.81 bits per heavy atom. The predicted octanol–water partition coefficient (Wildman–Crippen LogP) is 4.56. The highest BCUT2D eigenvalue weighted by Crippen LogP contribution is 2.23. The second kappa shape index (κ2) is 9.13. The van der Waals surface area contributed by atoms with Crippen LogP contribution in [0.1, 0.15) is 11.1 Å². The number of amides is 1. The molecule has 7 nitrogen and oxygen atoms in total. The van der Waals surface area contributed by atoms with Crippen LogP contribution in [-0.2, 0) is 11.2 Å². The Balaban J connectivity index is 1.36. The first-order chi connectivity index (χ1) is 15.1. The summed E-state index contributed by atoms with van der Waals surface area (Å²) in [7, 11) is 1.63. The van der Waals surface area contributed by atoms with Gasteiger partial charge in [0.2, 0.25) is 11.8 Å². The van der Waals surface area contributed by atoms with Gasteiger partial charge in [-0.25, -0.2) is 9.97 Å². The van der Waals surface area contributed by atoms with Crippen LogP contribution >= 0.6 is 0 Å². The zero-order valence-corrected chi connectivity index (χ0v) is 17.3. The van der Waals surface area contributed by atoms with Gasteiger partial charge in [0.05, 0.1) is 13.5 Å². The molecule has 4 aromatic rings. The Hall–Kier alpha value is -4.13. The first kappa shape index (κ1) is 20.2. The Labute approximate surface area is 180 Å². The third kappa shape index (κ3) is 5.08. The van der Waals surface area contributed by atoms with Gasteiger partial charge in [-0.05, 0) is 60.5 Å². The van der Waals surface area contributed by atoms with E-state index in [9.17, 15) is 4.79 Å². The first-order valence-corrected chi connectivity index (χ1v) is 9.77. The van der Waals surface area contributed by atoms with Crippen LogP contribution in [0, 0.1) is 6.92 Å². The SMILES string of the molecule is COc1ccc(CC(=O)Nc2ccc(Oc3cc(-n4cccc4)ncn3)cc2)cc1C. The number of benzene rings is 2. The molecule has 1 amide bonds. The van der Waals surface area contributed by atoms with E-state index in [1.807, 2.05) is 54.2 Å². The number of aryl methyl sites for hydroxylation is 1. The summed E-state index contributed by atoms with van der Waals surface area (Å²) in [5.74, 6) is 2.48. The number of carbonyl (C=O) groups excluding carboxylic acids is 1. The number of aromatic nitrogens is 3. The molecule has 0 aliphatic rings. The fraction of sp³-hybridized carbons (Fsp3) is 0.125. The second-order valence-corrected chi connectivity index (χ2v) is 6.96. The average Bonchev–Trinajstić information content (AvgIpc) is 3.31. The van der Waals surface area contributed by atoms with Crippen LogP contribution in [0.25, 0.3) is 5.82 Å². The molecular formula is C24H22N4O3. The van der Waals surface area contributed by atoms with Gasteiger partial charge in [-0.1, -0.05) is 12.1 Å². The van der Waals surface area contributed by atoms with Crippen molar-refractivity contribution in [1.82, 2.24) is 14.5 Å². The van der Waals surface area contributed by atoms with E-state index >= 15 is 0 Å². The number of nitrogens with one attached hydrogen (secondary N) is 1. The van der Waals surface area contributed by atoms with E-state index in [0.29, 0.717) is 23.1 Å². The topological polar surface area (TPSA) is 78.3 Å². The molecular weight excluding hydrogens is 392 g/mol. The Morgan fingerprint density at radius 3 is 2.52 bits per heavy atom. The molecule has 156 valence electrons. The summed E-state index contributed by atoms with van der Waals surface area (Å²) in [5, 5.41) is 2.90. The number of hydrogen-bond acceptors (Lipinski definition) is 5. The van der Waals surface area contributed by atoms with Gasteiger partial charge >= 0.3 is 0 Å². The van der Waals surface area contributed by atoms with E-state index in [1.54, 1.807) is 37.4 Å². The summed E-state index contributed by atoms with van der Waals surface area (Å²) in [5.41, 5.74) is 2.62. The van der Waals surface area contributed by atoms with Crippen LogP contribution in [0.3, 0.4) is 0 Å². The van der Waals surface area contributed by atoms with Gasteiger partial charge in [-0.3, -0.25) is 4.79 Å². The molecule has 0 spiro atoms. The van der Waals surface area contributed by atoms with E-state index in [0.717, 1.165) is 16.9 Å².